The number of rotatable bonds is 8. The third-order valence-corrected chi connectivity index (χ3v) is 4.55. The summed E-state index contributed by atoms with van der Waals surface area (Å²) in [6.07, 6.45) is 7.77. The van der Waals surface area contributed by atoms with Gasteiger partial charge in [0, 0.05) is 32.3 Å². The Kier molecular flexibility index (Phi) is 6.86. The standard InChI is InChI=1S/C12H23BrO2/c1-14-8-4-9-15-10-7-12(11-13)5-2-3-6-12/h2-11H2,1H3. The molecular formula is C12H23BrO2. The molecule has 0 aromatic heterocycles. The van der Waals surface area contributed by atoms with E-state index in [-0.39, 0.29) is 0 Å². The van der Waals surface area contributed by atoms with Gasteiger partial charge in [-0.1, -0.05) is 28.8 Å². The second-order valence-electron chi connectivity index (χ2n) is 4.55. The lowest BCUT2D eigenvalue weighted by Gasteiger charge is -2.26. The maximum Gasteiger partial charge on any atom is 0.0487 e. The van der Waals surface area contributed by atoms with Gasteiger partial charge in [0.2, 0.25) is 0 Å². The number of methoxy groups -OCH3 is 1. The van der Waals surface area contributed by atoms with Crippen LogP contribution in [0.15, 0.2) is 0 Å². The van der Waals surface area contributed by atoms with Crippen molar-refractivity contribution in [2.45, 2.75) is 38.5 Å². The zero-order valence-electron chi connectivity index (χ0n) is 9.77. The van der Waals surface area contributed by atoms with Crippen molar-refractivity contribution >= 4 is 15.9 Å². The molecule has 0 N–H and O–H groups in total. The van der Waals surface area contributed by atoms with Gasteiger partial charge in [-0.3, -0.25) is 0 Å². The summed E-state index contributed by atoms with van der Waals surface area (Å²) in [6.45, 7) is 2.56. The van der Waals surface area contributed by atoms with E-state index in [2.05, 4.69) is 15.9 Å². The van der Waals surface area contributed by atoms with Crippen molar-refractivity contribution in [2.24, 2.45) is 5.41 Å². The zero-order valence-corrected chi connectivity index (χ0v) is 11.4. The van der Waals surface area contributed by atoms with Crippen molar-refractivity contribution in [2.75, 3.05) is 32.3 Å². The van der Waals surface area contributed by atoms with Crippen LogP contribution in [0.25, 0.3) is 0 Å². The van der Waals surface area contributed by atoms with Gasteiger partial charge in [-0.25, -0.2) is 0 Å². The van der Waals surface area contributed by atoms with Crippen molar-refractivity contribution < 1.29 is 9.47 Å². The van der Waals surface area contributed by atoms with E-state index < -0.39 is 0 Å². The first-order valence-electron chi connectivity index (χ1n) is 5.96. The maximum absolute atomic E-state index is 5.62. The first kappa shape index (κ1) is 13.5. The van der Waals surface area contributed by atoms with Crippen molar-refractivity contribution in [3.8, 4) is 0 Å². The van der Waals surface area contributed by atoms with Crippen LogP contribution in [-0.2, 0) is 9.47 Å². The molecule has 1 rings (SSSR count). The lowest BCUT2D eigenvalue weighted by Crippen LogP contribution is -2.20. The van der Waals surface area contributed by atoms with Crippen LogP contribution in [0.1, 0.15) is 38.5 Å². The molecule has 15 heavy (non-hydrogen) atoms. The second kappa shape index (κ2) is 7.64. The average molecular weight is 279 g/mol. The van der Waals surface area contributed by atoms with Gasteiger partial charge < -0.3 is 9.47 Å². The summed E-state index contributed by atoms with van der Waals surface area (Å²) < 4.78 is 10.6. The Morgan fingerprint density at radius 3 is 2.47 bits per heavy atom. The molecule has 0 amide bonds. The molecule has 0 aromatic rings. The third-order valence-electron chi connectivity index (χ3n) is 3.36. The Hall–Kier alpha value is 0.400. The Labute approximate surface area is 102 Å². The topological polar surface area (TPSA) is 18.5 Å². The van der Waals surface area contributed by atoms with Gasteiger partial charge in [0.1, 0.15) is 0 Å². The molecule has 2 nitrogen and oxygen atoms in total. The smallest absolute Gasteiger partial charge is 0.0487 e. The number of alkyl halides is 1. The number of halogens is 1. The summed E-state index contributed by atoms with van der Waals surface area (Å²) >= 11 is 3.65. The van der Waals surface area contributed by atoms with Gasteiger partial charge in [0.25, 0.3) is 0 Å². The fraction of sp³-hybridized carbons (Fsp3) is 1.00. The molecule has 1 aliphatic carbocycles. The van der Waals surface area contributed by atoms with E-state index in [1.165, 1.54) is 32.1 Å². The van der Waals surface area contributed by atoms with E-state index in [0.717, 1.165) is 31.6 Å². The van der Waals surface area contributed by atoms with E-state index in [9.17, 15) is 0 Å². The summed E-state index contributed by atoms with van der Waals surface area (Å²) in [4.78, 5) is 0. The normalized spacial score (nSPS) is 19.6. The highest BCUT2D eigenvalue weighted by atomic mass is 79.9. The summed E-state index contributed by atoms with van der Waals surface area (Å²) in [6, 6.07) is 0. The molecule has 3 heteroatoms. The monoisotopic (exact) mass is 278 g/mol. The first-order valence-corrected chi connectivity index (χ1v) is 7.08. The number of hydrogen-bond donors (Lipinski definition) is 0. The van der Waals surface area contributed by atoms with Crippen LogP contribution in [0.5, 0.6) is 0 Å². The molecular weight excluding hydrogens is 256 g/mol. The molecule has 0 spiro atoms. The fourth-order valence-electron chi connectivity index (χ4n) is 2.27. The molecule has 0 radical (unpaired) electrons. The van der Waals surface area contributed by atoms with Gasteiger partial charge in [-0.2, -0.15) is 0 Å². The average Bonchev–Trinajstić information content (AvgIpc) is 2.73. The van der Waals surface area contributed by atoms with Crippen LogP contribution in [-0.4, -0.2) is 32.3 Å². The van der Waals surface area contributed by atoms with Crippen molar-refractivity contribution in [1.82, 2.24) is 0 Å². The summed E-state index contributed by atoms with van der Waals surface area (Å²) in [5.41, 5.74) is 0.543. The van der Waals surface area contributed by atoms with E-state index >= 15 is 0 Å². The van der Waals surface area contributed by atoms with Gasteiger partial charge >= 0.3 is 0 Å². The highest BCUT2D eigenvalue weighted by Gasteiger charge is 2.32. The molecule has 0 aromatic carbocycles. The molecule has 90 valence electrons. The molecule has 0 atom stereocenters. The SMILES string of the molecule is COCCCOCCC1(CBr)CCCC1. The quantitative estimate of drug-likeness (QED) is 0.501. The van der Waals surface area contributed by atoms with Crippen molar-refractivity contribution in [3.63, 3.8) is 0 Å². The molecule has 0 aliphatic heterocycles. The van der Waals surface area contributed by atoms with E-state index in [4.69, 9.17) is 9.47 Å². The van der Waals surface area contributed by atoms with E-state index in [0.29, 0.717) is 5.41 Å². The molecule has 0 bridgehead atoms. The third kappa shape index (κ3) is 4.83. The molecule has 1 saturated carbocycles. The van der Waals surface area contributed by atoms with Crippen LogP contribution in [0, 0.1) is 5.41 Å². The lowest BCUT2D eigenvalue weighted by molar-refractivity contribution is 0.0819. The summed E-state index contributed by atoms with van der Waals surface area (Å²) in [5.74, 6) is 0. The molecule has 1 fully saturated rings. The molecule has 0 saturated heterocycles. The van der Waals surface area contributed by atoms with E-state index in [1.807, 2.05) is 0 Å². The largest absolute Gasteiger partial charge is 0.385 e. The molecule has 1 aliphatic rings. The number of ether oxygens (including phenoxy) is 2. The van der Waals surface area contributed by atoms with E-state index in [1.54, 1.807) is 7.11 Å². The highest BCUT2D eigenvalue weighted by molar-refractivity contribution is 9.09. The predicted molar refractivity (Wildman–Crippen MR) is 66.6 cm³/mol. The Morgan fingerprint density at radius 2 is 1.87 bits per heavy atom. The van der Waals surface area contributed by atoms with Crippen LogP contribution >= 0.6 is 15.9 Å². The first-order chi connectivity index (χ1) is 7.33. The molecule has 0 heterocycles. The Morgan fingerprint density at radius 1 is 1.13 bits per heavy atom. The summed E-state index contributed by atoms with van der Waals surface area (Å²) in [7, 11) is 1.73. The fourth-order valence-corrected chi connectivity index (χ4v) is 3.11. The van der Waals surface area contributed by atoms with Crippen LogP contribution in [0.2, 0.25) is 0 Å². The van der Waals surface area contributed by atoms with Gasteiger partial charge in [0.05, 0.1) is 0 Å². The lowest BCUT2D eigenvalue weighted by atomic mass is 9.85. The predicted octanol–water partition coefficient (Wildman–Crippen LogP) is 3.38. The van der Waals surface area contributed by atoms with Crippen molar-refractivity contribution in [3.05, 3.63) is 0 Å². The minimum absolute atomic E-state index is 0.543. The minimum Gasteiger partial charge on any atom is -0.385 e. The van der Waals surface area contributed by atoms with Crippen LogP contribution in [0.4, 0.5) is 0 Å². The molecule has 0 unspecified atom stereocenters. The van der Waals surface area contributed by atoms with Gasteiger partial charge in [0.15, 0.2) is 0 Å². The van der Waals surface area contributed by atoms with Crippen LogP contribution < -0.4 is 0 Å². The number of hydrogen-bond acceptors (Lipinski definition) is 2. The Bertz CT molecular complexity index is 156. The zero-order chi connectivity index (χ0) is 11.0. The van der Waals surface area contributed by atoms with Crippen molar-refractivity contribution in [1.29, 1.82) is 0 Å². The van der Waals surface area contributed by atoms with Crippen LogP contribution in [0.3, 0.4) is 0 Å². The van der Waals surface area contributed by atoms with Gasteiger partial charge in [-0.05, 0) is 31.1 Å². The second-order valence-corrected chi connectivity index (χ2v) is 5.11. The minimum atomic E-state index is 0.543. The maximum atomic E-state index is 5.62. The van der Waals surface area contributed by atoms with Gasteiger partial charge in [-0.15, -0.1) is 0 Å². The Balaban J connectivity index is 2.02. The highest BCUT2D eigenvalue weighted by Crippen LogP contribution is 2.42. The summed E-state index contributed by atoms with van der Waals surface area (Å²) in [5, 5.41) is 1.14.